The van der Waals surface area contributed by atoms with Gasteiger partial charge in [0.25, 0.3) is 0 Å². The number of guanidine groups is 1. The Balaban J connectivity index is 0.00000364. The third-order valence-electron chi connectivity index (χ3n) is 4.43. The van der Waals surface area contributed by atoms with Gasteiger partial charge in [0, 0.05) is 37.2 Å². The van der Waals surface area contributed by atoms with Gasteiger partial charge in [-0.1, -0.05) is 12.1 Å². The summed E-state index contributed by atoms with van der Waals surface area (Å²) < 4.78 is 23.5. The van der Waals surface area contributed by atoms with Crippen LogP contribution >= 0.6 is 24.0 Å². The fourth-order valence-corrected chi connectivity index (χ4v) is 3.64. The van der Waals surface area contributed by atoms with Crippen LogP contribution in [0.1, 0.15) is 31.9 Å². The monoisotopic (exact) mass is 506 g/mol. The molecule has 0 atom stereocenters. The van der Waals surface area contributed by atoms with Crippen LogP contribution in [0.25, 0.3) is 10.9 Å². The molecule has 152 valence electrons. The van der Waals surface area contributed by atoms with Crippen molar-refractivity contribution >= 4 is 50.7 Å². The minimum Gasteiger partial charge on any atom is -0.361 e. The average Bonchev–Trinajstić information content (AvgIpc) is 2.94. The number of aromatic nitrogens is 1. The molecule has 0 amide bonds. The maximum absolute atomic E-state index is 12.1. The summed E-state index contributed by atoms with van der Waals surface area (Å²) in [5.41, 5.74) is 3.63. The predicted octanol–water partition coefficient (Wildman–Crippen LogP) is 3.02. The van der Waals surface area contributed by atoms with Crippen molar-refractivity contribution in [2.75, 3.05) is 25.9 Å². The Kier molecular flexibility index (Phi) is 8.59. The van der Waals surface area contributed by atoms with Crippen molar-refractivity contribution in [3.05, 3.63) is 35.5 Å². The lowest BCUT2D eigenvalue weighted by atomic mass is 10.1. The molecule has 27 heavy (non-hydrogen) atoms. The van der Waals surface area contributed by atoms with Crippen molar-refractivity contribution in [1.82, 2.24) is 15.6 Å². The van der Waals surface area contributed by atoms with Gasteiger partial charge >= 0.3 is 0 Å². The van der Waals surface area contributed by atoms with Gasteiger partial charge in [-0.25, -0.2) is 8.42 Å². The zero-order valence-corrected chi connectivity index (χ0v) is 19.9. The quantitative estimate of drug-likeness (QED) is 0.320. The van der Waals surface area contributed by atoms with E-state index in [1.807, 2.05) is 6.20 Å². The topological polar surface area (TPSA) is 86.3 Å². The number of rotatable bonds is 6. The van der Waals surface area contributed by atoms with Gasteiger partial charge in [0.05, 0.1) is 10.5 Å². The summed E-state index contributed by atoms with van der Waals surface area (Å²) in [6.07, 6.45) is 2.89. The number of H-pyrrole nitrogens is 1. The van der Waals surface area contributed by atoms with Gasteiger partial charge in [-0.2, -0.15) is 0 Å². The summed E-state index contributed by atoms with van der Waals surface area (Å²) in [6, 6.07) is 6.40. The molecule has 1 heterocycles. The maximum Gasteiger partial charge on any atom is 0.191 e. The second kappa shape index (κ2) is 9.77. The van der Waals surface area contributed by atoms with Crippen molar-refractivity contribution in [3.8, 4) is 0 Å². The standard InChI is InChI=1S/C19H30N4O2S.HI/c1-14-6-7-16-15(13-23-17(16)12-14)8-9-21-18(20-5)22-10-11-26(24,25)19(2,3)4;/h6-7,12-13,23H,8-11H2,1-5H3,(H2,20,21,22);1H. The average molecular weight is 506 g/mol. The lowest BCUT2D eigenvalue weighted by molar-refractivity contribution is 0.559. The largest absolute Gasteiger partial charge is 0.361 e. The number of aryl methyl sites for hydroxylation is 1. The Morgan fingerprint density at radius 3 is 2.48 bits per heavy atom. The number of aromatic amines is 1. The van der Waals surface area contributed by atoms with Crippen LogP contribution in [0.5, 0.6) is 0 Å². The summed E-state index contributed by atoms with van der Waals surface area (Å²) in [4.78, 5) is 7.46. The highest BCUT2D eigenvalue weighted by atomic mass is 127. The van der Waals surface area contributed by atoms with Crippen LogP contribution in [0.2, 0.25) is 0 Å². The first-order valence-electron chi connectivity index (χ1n) is 8.87. The van der Waals surface area contributed by atoms with E-state index < -0.39 is 14.6 Å². The second-order valence-corrected chi connectivity index (χ2v) is 10.3. The number of aliphatic imine (C=N–C) groups is 1. The van der Waals surface area contributed by atoms with E-state index in [0.717, 1.165) is 11.9 Å². The molecule has 2 rings (SSSR count). The Hall–Kier alpha value is -1.29. The lowest BCUT2D eigenvalue weighted by Crippen LogP contribution is -2.42. The summed E-state index contributed by atoms with van der Waals surface area (Å²) in [5.74, 6) is 0.698. The first kappa shape index (κ1) is 23.7. The van der Waals surface area contributed by atoms with Gasteiger partial charge in [0.1, 0.15) is 0 Å². The minimum atomic E-state index is -3.13. The summed E-state index contributed by atoms with van der Waals surface area (Å²) in [5, 5.41) is 7.55. The van der Waals surface area contributed by atoms with Gasteiger partial charge < -0.3 is 15.6 Å². The number of halogens is 1. The van der Waals surface area contributed by atoms with Gasteiger partial charge in [-0.15, -0.1) is 24.0 Å². The third kappa shape index (κ3) is 6.38. The number of nitrogens with one attached hydrogen (secondary N) is 3. The van der Waals surface area contributed by atoms with Crippen molar-refractivity contribution in [2.24, 2.45) is 4.99 Å². The lowest BCUT2D eigenvalue weighted by Gasteiger charge is -2.19. The molecule has 0 saturated carbocycles. The van der Waals surface area contributed by atoms with Crippen molar-refractivity contribution in [3.63, 3.8) is 0 Å². The summed E-state index contributed by atoms with van der Waals surface area (Å²) in [6.45, 7) is 8.30. The van der Waals surface area contributed by atoms with Crippen LogP contribution in [0.4, 0.5) is 0 Å². The minimum absolute atomic E-state index is 0. The first-order chi connectivity index (χ1) is 12.1. The Bertz CT molecular complexity index is 883. The van der Waals surface area contributed by atoms with Gasteiger partial charge in [0.2, 0.25) is 0 Å². The molecule has 0 saturated heterocycles. The molecule has 0 radical (unpaired) electrons. The van der Waals surface area contributed by atoms with E-state index in [1.54, 1.807) is 27.8 Å². The molecule has 0 fully saturated rings. The second-order valence-electron chi connectivity index (χ2n) is 7.47. The molecule has 1 aromatic heterocycles. The zero-order chi connectivity index (χ0) is 19.4. The number of nitrogens with zero attached hydrogens (tertiary/aromatic N) is 1. The molecular formula is C19H31IN4O2S. The summed E-state index contributed by atoms with van der Waals surface area (Å²) >= 11 is 0. The Morgan fingerprint density at radius 1 is 1.19 bits per heavy atom. The van der Waals surface area contributed by atoms with E-state index in [9.17, 15) is 8.42 Å². The number of hydrogen-bond donors (Lipinski definition) is 3. The van der Waals surface area contributed by atoms with E-state index >= 15 is 0 Å². The molecule has 0 unspecified atom stereocenters. The smallest absolute Gasteiger partial charge is 0.191 e. The van der Waals surface area contributed by atoms with Gasteiger partial charge in [-0.3, -0.25) is 4.99 Å². The number of fused-ring (bicyclic) bond motifs is 1. The van der Waals surface area contributed by atoms with Crippen LogP contribution in [0.3, 0.4) is 0 Å². The van der Waals surface area contributed by atoms with Gasteiger partial charge in [-0.05, 0) is 51.3 Å². The Morgan fingerprint density at radius 2 is 1.85 bits per heavy atom. The molecule has 0 spiro atoms. The number of hydrogen-bond acceptors (Lipinski definition) is 3. The van der Waals surface area contributed by atoms with Crippen molar-refractivity contribution in [1.29, 1.82) is 0 Å². The normalized spacial score (nSPS) is 12.7. The molecule has 1 aromatic carbocycles. The molecule has 6 nitrogen and oxygen atoms in total. The van der Waals surface area contributed by atoms with E-state index in [2.05, 4.69) is 45.7 Å². The first-order valence-corrected chi connectivity index (χ1v) is 10.5. The van der Waals surface area contributed by atoms with E-state index in [4.69, 9.17) is 0 Å². The van der Waals surface area contributed by atoms with Crippen LogP contribution in [0, 0.1) is 6.92 Å². The Labute approximate surface area is 179 Å². The van der Waals surface area contributed by atoms with Gasteiger partial charge in [0.15, 0.2) is 15.8 Å². The predicted molar refractivity (Wildman–Crippen MR) is 125 cm³/mol. The third-order valence-corrected chi connectivity index (χ3v) is 7.04. The molecule has 3 N–H and O–H groups in total. The van der Waals surface area contributed by atoms with Crippen LogP contribution in [-0.2, 0) is 16.3 Å². The number of benzene rings is 1. The fourth-order valence-electron chi connectivity index (χ4n) is 2.65. The highest BCUT2D eigenvalue weighted by Gasteiger charge is 2.28. The van der Waals surface area contributed by atoms with Crippen molar-refractivity contribution in [2.45, 2.75) is 38.9 Å². The van der Waals surface area contributed by atoms with E-state index in [0.29, 0.717) is 19.0 Å². The highest BCUT2D eigenvalue weighted by Crippen LogP contribution is 2.19. The highest BCUT2D eigenvalue weighted by molar-refractivity contribution is 14.0. The molecule has 0 aliphatic carbocycles. The summed E-state index contributed by atoms with van der Waals surface area (Å²) in [7, 11) is -1.45. The van der Waals surface area contributed by atoms with Crippen LogP contribution in [-0.4, -0.2) is 50.0 Å². The molecular weight excluding hydrogens is 475 g/mol. The van der Waals surface area contributed by atoms with Crippen LogP contribution in [0.15, 0.2) is 29.4 Å². The number of sulfone groups is 1. The SMILES string of the molecule is CN=C(NCCc1c[nH]c2cc(C)ccc12)NCCS(=O)(=O)C(C)(C)C.I. The van der Waals surface area contributed by atoms with Crippen molar-refractivity contribution < 1.29 is 8.42 Å². The molecule has 8 heteroatoms. The van der Waals surface area contributed by atoms with E-state index in [1.165, 1.54) is 16.5 Å². The maximum atomic E-state index is 12.1. The molecule has 2 aromatic rings. The zero-order valence-electron chi connectivity index (χ0n) is 16.7. The van der Waals surface area contributed by atoms with Crippen LogP contribution < -0.4 is 10.6 Å². The molecule has 0 aliphatic heterocycles. The van der Waals surface area contributed by atoms with E-state index in [-0.39, 0.29) is 29.7 Å². The fraction of sp³-hybridized carbons (Fsp3) is 0.526. The molecule has 0 aliphatic rings. The molecule has 0 bridgehead atoms.